The molecule has 86 valence electrons. The molecule has 1 fully saturated rings. The fourth-order valence-corrected chi connectivity index (χ4v) is 0.993. The molecule has 0 bridgehead atoms. The van der Waals surface area contributed by atoms with Crippen molar-refractivity contribution in [1.82, 2.24) is 5.01 Å². The van der Waals surface area contributed by atoms with E-state index in [1.54, 1.807) is 0 Å². The predicted octanol–water partition coefficient (Wildman–Crippen LogP) is 2.64. The summed E-state index contributed by atoms with van der Waals surface area (Å²) < 4.78 is 5.22. The van der Waals surface area contributed by atoms with Gasteiger partial charge in [0.2, 0.25) is 0 Å². The molecule has 0 atom stereocenters. The monoisotopic (exact) mass is 212 g/mol. The van der Waals surface area contributed by atoms with Crippen LogP contribution in [0.15, 0.2) is 5.10 Å². The van der Waals surface area contributed by atoms with Crippen LogP contribution in [-0.4, -0.2) is 29.5 Å². The second-order valence-corrected chi connectivity index (χ2v) is 4.80. The number of amides is 1. The molecule has 4 heteroatoms. The normalized spacial score (nSPS) is 16.8. The van der Waals surface area contributed by atoms with Gasteiger partial charge in [-0.05, 0) is 46.5 Å². The van der Waals surface area contributed by atoms with Crippen molar-refractivity contribution in [2.75, 3.05) is 6.54 Å². The van der Waals surface area contributed by atoms with Crippen molar-refractivity contribution in [3.8, 4) is 0 Å². The molecule has 1 aliphatic rings. The average Bonchev–Trinajstić information content (AvgIpc) is 2.85. The molecular weight excluding hydrogens is 192 g/mol. The van der Waals surface area contributed by atoms with Gasteiger partial charge in [-0.25, -0.2) is 4.79 Å². The van der Waals surface area contributed by atoms with Gasteiger partial charge in [0, 0.05) is 12.8 Å². The van der Waals surface area contributed by atoms with Crippen LogP contribution in [0.4, 0.5) is 4.79 Å². The number of hydrazone groups is 1. The van der Waals surface area contributed by atoms with Crippen LogP contribution in [0.2, 0.25) is 0 Å². The highest BCUT2D eigenvalue weighted by Crippen LogP contribution is 2.26. The van der Waals surface area contributed by atoms with Gasteiger partial charge in [-0.15, -0.1) is 0 Å². The third-order valence-corrected chi connectivity index (χ3v) is 1.94. The highest BCUT2D eigenvalue weighted by atomic mass is 16.6. The van der Waals surface area contributed by atoms with E-state index in [9.17, 15) is 4.79 Å². The van der Waals surface area contributed by atoms with Crippen LogP contribution in [0, 0.1) is 5.92 Å². The summed E-state index contributed by atoms with van der Waals surface area (Å²) in [7, 11) is 0. The van der Waals surface area contributed by atoms with Crippen LogP contribution < -0.4 is 0 Å². The van der Waals surface area contributed by atoms with Gasteiger partial charge >= 0.3 is 6.09 Å². The lowest BCUT2D eigenvalue weighted by Crippen LogP contribution is -2.33. The zero-order valence-electron chi connectivity index (χ0n) is 9.99. The number of hydrogen-bond donors (Lipinski definition) is 0. The Morgan fingerprint density at radius 3 is 2.53 bits per heavy atom. The SMILES string of the molecule is CCN(N=CC1CC1)C(=O)OC(C)(C)C. The molecule has 15 heavy (non-hydrogen) atoms. The Labute approximate surface area is 91.3 Å². The predicted molar refractivity (Wildman–Crippen MR) is 59.8 cm³/mol. The van der Waals surface area contributed by atoms with Crippen LogP contribution in [0.1, 0.15) is 40.5 Å². The summed E-state index contributed by atoms with van der Waals surface area (Å²) in [6, 6.07) is 0. The molecule has 1 aliphatic carbocycles. The number of ether oxygens (including phenoxy) is 1. The summed E-state index contributed by atoms with van der Waals surface area (Å²) in [6.07, 6.45) is 3.85. The van der Waals surface area contributed by atoms with Crippen LogP contribution in [0.25, 0.3) is 0 Å². The topological polar surface area (TPSA) is 41.9 Å². The number of carbonyl (C=O) groups excluding carboxylic acids is 1. The maximum absolute atomic E-state index is 11.6. The number of hydrogen-bond acceptors (Lipinski definition) is 3. The molecule has 0 radical (unpaired) electrons. The lowest BCUT2D eigenvalue weighted by Gasteiger charge is -2.23. The smallest absolute Gasteiger partial charge is 0.430 e. The molecule has 4 nitrogen and oxygen atoms in total. The van der Waals surface area contributed by atoms with E-state index >= 15 is 0 Å². The molecule has 0 aromatic rings. The van der Waals surface area contributed by atoms with Crippen LogP contribution in [0.3, 0.4) is 0 Å². The second kappa shape index (κ2) is 4.64. The van der Waals surface area contributed by atoms with Crippen molar-refractivity contribution < 1.29 is 9.53 Å². The van der Waals surface area contributed by atoms with Crippen molar-refractivity contribution in [1.29, 1.82) is 0 Å². The number of nitrogens with zero attached hydrogens (tertiary/aromatic N) is 2. The summed E-state index contributed by atoms with van der Waals surface area (Å²) in [4.78, 5) is 11.6. The minimum Gasteiger partial charge on any atom is -0.442 e. The summed E-state index contributed by atoms with van der Waals surface area (Å²) in [5.74, 6) is 0.571. The Morgan fingerprint density at radius 2 is 2.13 bits per heavy atom. The molecule has 1 rings (SSSR count). The Hall–Kier alpha value is -1.06. The molecule has 1 saturated carbocycles. The lowest BCUT2D eigenvalue weighted by molar-refractivity contribution is 0.0265. The molecule has 0 heterocycles. The highest BCUT2D eigenvalue weighted by molar-refractivity contribution is 5.71. The first-order valence-electron chi connectivity index (χ1n) is 5.47. The van der Waals surface area contributed by atoms with E-state index in [1.807, 2.05) is 33.9 Å². The molecule has 0 unspecified atom stereocenters. The van der Waals surface area contributed by atoms with Crippen molar-refractivity contribution >= 4 is 12.3 Å². The standard InChI is InChI=1S/C11H20N2O2/c1-5-13(12-8-9-6-7-9)10(14)15-11(2,3)4/h8-9H,5-7H2,1-4H3. The van der Waals surface area contributed by atoms with Gasteiger partial charge in [0.15, 0.2) is 0 Å². The molecule has 0 N–H and O–H groups in total. The molecule has 0 aliphatic heterocycles. The van der Waals surface area contributed by atoms with E-state index in [0.717, 1.165) is 0 Å². The summed E-state index contributed by atoms with van der Waals surface area (Å²) in [5.41, 5.74) is -0.459. The minimum absolute atomic E-state index is 0.373. The molecule has 0 aromatic carbocycles. The van der Waals surface area contributed by atoms with Crippen molar-refractivity contribution in [2.24, 2.45) is 11.0 Å². The first-order chi connectivity index (χ1) is 6.92. The van der Waals surface area contributed by atoms with Gasteiger partial charge < -0.3 is 4.74 Å². The Bertz CT molecular complexity index is 252. The number of rotatable bonds is 3. The van der Waals surface area contributed by atoms with Crippen molar-refractivity contribution in [3.05, 3.63) is 0 Å². The third kappa shape index (κ3) is 4.81. The largest absolute Gasteiger partial charge is 0.442 e. The summed E-state index contributed by atoms with van der Waals surface area (Å²) >= 11 is 0. The Kier molecular flexibility index (Phi) is 3.72. The van der Waals surface area contributed by atoms with Crippen molar-refractivity contribution in [3.63, 3.8) is 0 Å². The quantitative estimate of drug-likeness (QED) is 0.533. The lowest BCUT2D eigenvalue weighted by atomic mass is 10.2. The molecule has 0 saturated heterocycles. The molecule has 0 spiro atoms. The zero-order valence-corrected chi connectivity index (χ0v) is 9.99. The minimum atomic E-state index is -0.459. The van der Waals surface area contributed by atoms with Gasteiger partial charge in [0.05, 0.1) is 0 Å². The summed E-state index contributed by atoms with van der Waals surface area (Å²) in [6.45, 7) is 7.97. The molecular formula is C11H20N2O2. The highest BCUT2D eigenvalue weighted by Gasteiger charge is 2.22. The fraction of sp³-hybridized carbons (Fsp3) is 0.818. The van der Waals surface area contributed by atoms with Crippen LogP contribution >= 0.6 is 0 Å². The first kappa shape index (κ1) is 12.0. The van der Waals surface area contributed by atoms with E-state index in [0.29, 0.717) is 12.5 Å². The van der Waals surface area contributed by atoms with Crippen LogP contribution in [0.5, 0.6) is 0 Å². The van der Waals surface area contributed by atoms with Gasteiger partial charge in [-0.2, -0.15) is 10.1 Å². The second-order valence-electron chi connectivity index (χ2n) is 4.80. The van der Waals surface area contributed by atoms with E-state index in [4.69, 9.17) is 4.74 Å². The van der Waals surface area contributed by atoms with E-state index in [-0.39, 0.29) is 6.09 Å². The van der Waals surface area contributed by atoms with E-state index in [1.165, 1.54) is 17.9 Å². The zero-order chi connectivity index (χ0) is 11.5. The van der Waals surface area contributed by atoms with E-state index in [2.05, 4.69) is 5.10 Å². The van der Waals surface area contributed by atoms with Gasteiger partial charge in [0.25, 0.3) is 0 Å². The van der Waals surface area contributed by atoms with Gasteiger partial charge in [-0.3, -0.25) is 0 Å². The van der Waals surface area contributed by atoms with Crippen molar-refractivity contribution in [2.45, 2.75) is 46.1 Å². The third-order valence-electron chi connectivity index (χ3n) is 1.94. The van der Waals surface area contributed by atoms with Gasteiger partial charge in [-0.1, -0.05) is 0 Å². The molecule has 0 aromatic heterocycles. The number of carbonyl (C=O) groups is 1. The average molecular weight is 212 g/mol. The maximum atomic E-state index is 11.6. The van der Waals surface area contributed by atoms with Crippen LogP contribution in [-0.2, 0) is 4.74 Å². The fourth-order valence-electron chi connectivity index (χ4n) is 0.993. The maximum Gasteiger partial charge on any atom is 0.430 e. The molecule has 1 amide bonds. The van der Waals surface area contributed by atoms with Gasteiger partial charge in [0.1, 0.15) is 5.60 Å². The Balaban J connectivity index is 2.45. The Morgan fingerprint density at radius 1 is 1.53 bits per heavy atom. The van der Waals surface area contributed by atoms with E-state index < -0.39 is 5.60 Å². The summed E-state index contributed by atoms with van der Waals surface area (Å²) in [5, 5.41) is 5.49. The first-order valence-corrected chi connectivity index (χ1v) is 5.47.